The van der Waals surface area contributed by atoms with Crippen molar-refractivity contribution >= 4 is 5.82 Å². The standard InChI is InChI=1S/C12H19N3O/c1-3-5-10-14-11(13-2)8-12(15-10)16-9-6-4-7-9/h8-9H,3-7H2,1-2H3,(H,13,14,15). The first-order valence-electron chi connectivity index (χ1n) is 6.04. The molecule has 1 aromatic heterocycles. The number of aromatic nitrogens is 2. The Balaban J connectivity index is 2.11. The van der Waals surface area contributed by atoms with Gasteiger partial charge in [0.05, 0.1) is 0 Å². The minimum atomic E-state index is 0.370. The van der Waals surface area contributed by atoms with Crippen LogP contribution in [-0.2, 0) is 6.42 Å². The topological polar surface area (TPSA) is 47.0 Å². The monoisotopic (exact) mass is 221 g/mol. The van der Waals surface area contributed by atoms with E-state index in [0.717, 1.165) is 37.3 Å². The number of rotatable bonds is 5. The highest BCUT2D eigenvalue weighted by molar-refractivity contribution is 5.37. The lowest BCUT2D eigenvalue weighted by molar-refractivity contribution is 0.114. The number of hydrogen-bond acceptors (Lipinski definition) is 4. The summed E-state index contributed by atoms with van der Waals surface area (Å²) in [6, 6.07) is 1.87. The molecule has 1 N–H and O–H groups in total. The average molecular weight is 221 g/mol. The number of anilines is 1. The molecule has 0 amide bonds. The minimum Gasteiger partial charge on any atom is -0.474 e. The van der Waals surface area contributed by atoms with Gasteiger partial charge in [0.1, 0.15) is 17.7 Å². The summed E-state index contributed by atoms with van der Waals surface area (Å²) >= 11 is 0. The summed E-state index contributed by atoms with van der Waals surface area (Å²) in [5, 5.41) is 3.04. The van der Waals surface area contributed by atoms with Crippen LogP contribution in [-0.4, -0.2) is 23.1 Å². The fraction of sp³-hybridized carbons (Fsp3) is 0.667. The molecule has 1 aliphatic carbocycles. The van der Waals surface area contributed by atoms with E-state index in [-0.39, 0.29) is 0 Å². The van der Waals surface area contributed by atoms with Crippen molar-refractivity contribution in [3.05, 3.63) is 11.9 Å². The highest BCUT2D eigenvalue weighted by Gasteiger charge is 2.20. The van der Waals surface area contributed by atoms with Crippen LogP contribution >= 0.6 is 0 Å². The van der Waals surface area contributed by atoms with Gasteiger partial charge in [-0.05, 0) is 25.7 Å². The van der Waals surface area contributed by atoms with Crippen LogP contribution in [0.1, 0.15) is 38.4 Å². The maximum Gasteiger partial charge on any atom is 0.218 e. The fourth-order valence-electron chi connectivity index (χ4n) is 1.66. The summed E-state index contributed by atoms with van der Waals surface area (Å²) in [4.78, 5) is 8.81. The van der Waals surface area contributed by atoms with Crippen molar-refractivity contribution in [3.8, 4) is 5.88 Å². The first-order chi connectivity index (χ1) is 7.81. The number of aryl methyl sites for hydroxylation is 1. The van der Waals surface area contributed by atoms with E-state index >= 15 is 0 Å². The zero-order valence-corrected chi connectivity index (χ0v) is 9.99. The molecule has 0 aliphatic heterocycles. The molecular formula is C12H19N3O. The third kappa shape index (κ3) is 2.62. The van der Waals surface area contributed by atoms with Gasteiger partial charge in [-0.3, -0.25) is 0 Å². The SMILES string of the molecule is CCCc1nc(NC)cc(OC2CCC2)n1. The molecule has 16 heavy (non-hydrogen) atoms. The Morgan fingerprint density at radius 2 is 2.25 bits per heavy atom. The Labute approximate surface area is 96.4 Å². The van der Waals surface area contributed by atoms with Crippen molar-refractivity contribution in [3.63, 3.8) is 0 Å². The van der Waals surface area contributed by atoms with E-state index in [4.69, 9.17) is 4.74 Å². The van der Waals surface area contributed by atoms with E-state index in [2.05, 4.69) is 22.2 Å². The van der Waals surface area contributed by atoms with Crippen molar-refractivity contribution in [2.75, 3.05) is 12.4 Å². The van der Waals surface area contributed by atoms with Gasteiger partial charge in [0, 0.05) is 19.5 Å². The fourth-order valence-corrected chi connectivity index (χ4v) is 1.66. The largest absolute Gasteiger partial charge is 0.474 e. The number of nitrogens with zero attached hydrogens (tertiary/aromatic N) is 2. The molecule has 1 fully saturated rings. The smallest absolute Gasteiger partial charge is 0.218 e. The molecule has 1 aliphatic rings. The molecule has 0 spiro atoms. The second-order valence-electron chi connectivity index (χ2n) is 4.18. The zero-order valence-electron chi connectivity index (χ0n) is 9.99. The van der Waals surface area contributed by atoms with Gasteiger partial charge in [-0.25, -0.2) is 4.98 Å². The summed E-state index contributed by atoms with van der Waals surface area (Å²) in [5.74, 6) is 2.42. The molecule has 1 saturated carbocycles. The lowest BCUT2D eigenvalue weighted by atomic mass is 9.96. The summed E-state index contributed by atoms with van der Waals surface area (Å²) in [7, 11) is 1.87. The molecule has 0 atom stereocenters. The van der Waals surface area contributed by atoms with Crippen molar-refractivity contribution in [2.24, 2.45) is 0 Å². The Hall–Kier alpha value is -1.32. The quantitative estimate of drug-likeness (QED) is 0.829. The van der Waals surface area contributed by atoms with E-state index in [9.17, 15) is 0 Å². The minimum absolute atomic E-state index is 0.370. The third-order valence-electron chi connectivity index (χ3n) is 2.82. The second-order valence-corrected chi connectivity index (χ2v) is 4.18. The van der Waals surface area contributed by atoms with Gasteiger partial charge >= 0.3 is 0 Å². The van der Waals surface area contributed by atoms with Crippen LogP contribution < -0.4 is 10.1 Å². The highest BCUT2D eigenvalue weighted by Crippen LogP contribution is 2.25. The van der Waals surface area contributed by atoms with E-state index in [0.29, 0.717) is 12.0 Å². The molecule has 0 bridgehead atoms. The van der Waals surface area contributed by atoms with Crippen LogP contribution in [0.15, 0.2) is 6.07 Å². The van der Waals surface area contributed by atoms with Gasteiger partial charge in [0.25, 0.3) is 0 Å². The van der Waals surface area contributed by atoms with Crippen molar-refractivity contribution in [2.45, 2.75) is 45.1 Å². The number of nitrogens with one attached hydrogen (secondary N) is 1. The van der Waals surface area contributed by atoms with Gasteiger partial charge in [-0.2, -0.15) is 4.98 Å². The van der Waals surface area contributed by atoms with Gasteiger partial charge in [0.2, 0.25) is 5.88 Å². The summed E-state index contributed by atoms with van der Waals surface area (Å²) in [6.45, 7) is 2.13. The Morgan fingerprint density at radius 3 is 2.81 bits per heavy atom. The molecule has 4 nitrogen and oxygen atoms in total. The highest BCUT2D eigenvalue weighted by atomic mass is 16.5. The lowest BCUT2D eigenvalue weighted by Crippen LogP contribution is -2.25. The maximum atomic E-state index is 5.79. The van der Waals surface area contributed by atoms with Crippen LogP contribution in [0, 0.1) is 0 Å². The van der Waals surface area contributed by atoms with Crippen LogP contribution in [0.25, 0.3) is 0 Å². The predicted octanol–water partition coefficient (Wildman–Crippen LogP) is 2.40. The number of hydrogen-bond donors (Lipinski definition) is 1. The molecule has 0 aromatic carbocycles. The van der Waals surface area contributed by atoms with Crippen molar-refractivity contribution in [1.82, 2.24) is 9.97 Å². The van der Waals surface area contributed by atoms with Gasteiger partial charge < -0.3 is 10.1 Å². The van der Waals surface area contributed by atoms with Gasteiger partial charge in [-0.15, -0.1) is 0 Å². The molecule has 0 unspecified atom stereocenters. The first kappa shape index (κ1) is 11.2. The Bertz CT molecular complexity index is 350. The number of ether oxygens (including phenoxy) is 1. The first-order valence-corrected chi connectivity index (χ1v) is 6.04. The molecule has 88 valence electrons. The molecule has 0 radical (unpaired) electrons. The maximum absolute atomic E-state index is 5.79. The zero-order chi connectivity index (χ0) is 11.4. The molecule has 1 aromatic rings. The molecule has 1 heterocycles. The third-order valence-corrected chi connectivity index (χ3v) is 2.82. The normalized spacial score (nSPS) is 15.6. The average Bonchev–Trinajstić information content (AvgIpc) is 2.24. The van der Waals surface area contributed by atoms with Gasteiger partial charge in [0.15, 0.2) is 0 Å². The van der Waals surface area contributed by atoms with Crippen molar-refractivity contribution in [1.29, 1.82) is 0 Å². The predicted molar refractivity (Wildman–Crippen MR) is 63.8 cm³/mol. The molecule has 4 heteroatoms. The summed E-state index contributed by atoms with van der Waals surface area (Å²) in [5.41, 5.74) is 0. The van der Waals surface area contributed by atoms with Crippen LogP contribution in [0.2, 0.25) is 0 Å². The van der Waals surface area contributed by atoms with Crippen LogP contribution in [0.5, 0.6) is 5.88 Å². The molecule has 2 rings (SSSR count). The second kappa shape index (κ2) is 5.14. The van der Waals surface area contributed by atoms with Crippen LogP contribution in [0.3, 0.4) is 0 Å². The van der Waals surface area contributed by atoms with E-state index in [1.165, 1.54) is 6.42 Å². The lowest BCUT2D eigenvalue weighted by Gasteiger charge is -2.25. The van der Waals surface area contributed by atoms with E-state index in [1.807, 2.05) is 13.1 Å². The Morgan fingerprint density at radius 1 is 1.44 bits per heavy atom. The molecule has 0 saturated heterocycles. The van der Waals surface area contributed by atoms with E-state index < -0.39 is 0 Å². The van der Waals surface area contributed by atoms with Crippen molar-refractivity contribution < 1.29 is 4.74 Å². The summed E-state index contributed by atoms with van der Waals surface area (Å²) in [6.07, 6.45) is 5.90. The molecular weight excluding hydrogens is 202 g/mol. The Kier molecular flexibility index (Phi) is 3.59. The van der Waals surface area contributed by atoms with Crippen LogP contribution in [0.4, 0.5) is 5.82 Å². The summed E-state index contributed by atoms with van der Waals surface area (Å²) < 4.78 is 5.79. The van der Waals surface area contributed by atoms with Gasteiger partial charge in [-0.1, -0.05) is 6.92 Å². The van der Waals surface area contributed by atoms with E-state index in [1.54, 1.807) is 0 Å².